The molecule has 1 saturated heterocycles. The summed E-state index contributed by atoms with van der Waals surface area (Å²) >= 11 is 1.88. The van der Waals surface area contributed by atoms with Gasteiger partial charge in [-0.2, -0.15) is 0 Å². The normalized spacial score (nSPS) is 17.9. The van der Waals surface area contributed by atoms with Crippen molar-refractivity contribution in [1.29, 1.82) is 0 Å². The van der Waals surface area contributed by atoms with Gasteiger partial charge in [-0.1, -0.05) is 0 Å². The number of carbonyl (C=O) groups is 2. The standard InChI is InChI=1S/C13H13FINO4/c14-8-1-2-9(10(15)7-8)11(17)16-5-3-13(20,4-6-16)12(18)19/h1-2,7,20H,3-6H2,(H,18,19). The highest BCUT2D eigenvalue weighted by molar-refractivity contribution is 14.1. The van der Waals surface area contributed by atoms with Gasteiger partial charge in [0, 0.05) is 29.5 Å². The van der Waals surface area contributed by atoms with Gasteiger partial charge in [-0.25, -0.2) is 9.18 Å². The van der Waals surface area contributed by atoms with Gasteiger partial charge in [-0.3, -0.25) is 4.79 Å². The number of rotatable bonds is 2. The maximum absolute atomic E-state index is 13.0. The molecule has 1 heterocycles. The lowest BCUT2D eigenvalue weighted by Gasteiger charge is -2.35. The lowest BCUT2D eigenvalue weighted by atomic mass is 9.91. The Labute approximate surface area is 128 Å². The third-order valence-corrected chi connectivity index (χ3v) is 4.33. The van der Waals surface area contributed by atoms with E-state index in [0.29, 0.717) is 9.13 Å². The summed E-state index contributed by atoms with van der Waals surface area (Å²) in [6.45, 7) is 0.324. The van der Waals surface area contributed by atoms with Gasteiger partial charge < -0.3 is 15.1 Å². The molecule has 5 nitrogen and oxygen atoms in total. The lowest BCUT2D eigenvalue weighted by molar-refractivity contribution is -0.162. The fraction of sp³-hybridized carbons (Fsp3) is 0.385. The number of carboxylic acids is 1. The van der Waals surface area contributed by atoms with E-state index < -0.39 is 17.4 Å². The van der Waals surface area contributed by atoms with E-state index >= 15 is 0 Å². The summed E-state index contributed by atoms with van der Waals surface area (Å²) in [6, 6.07) is 3.90. The molecule has 20 heavy (non-hydrogen) atoms. The van der Waals surface area contributed by atoms with Gasteiger partial charge in [-0.15, -0.1) is 0 Å². The fourth-order valence-corrected chi connectivity index (χ4v) is 2.83. The van der Waals surface area contributed by atoms with E-state index in [-0.39, 0.29) is 31.8 Å². The molecule has 0 atom stereocenters. The first-order valence-corrected chi connectivity index (χ1v) is 7.11. The van der Waals surface area contributed by atoms with Crippen LogP contribution in [-0.4, -0.2) is 45.7 Å². The number of benzene rings is 1. The molecule has 7 heteroatoms. The van der Waals surface area contributed by atoms with E-state index in [1.807, 2.05) is 22.6 Å². The van der Waals surface area contributed by atoms with Crippen molar-refractivity contribution in [2.24, 2.45) is 0 Å². The Morgan fingerprint density at radius 2 is 1.90 bits per heavy atom. The van der Waals surface area contributed by atoms with Gasteiger partial charge in [-0.05, 0) is 40.8 Å². The zero-order valence-electron chi connectivity index (χ0n) is 10.5. The van der Waals surface area contributed by atoms with Gasteiger partial charge in [0.15, 0.2) is 5.60 Å². The zero-order valence-corrected chi connectivity index (χ0v) is 12.6. The van der Waals surface area contributed by atoms with Crippen molar-refractivity contribution < 1.29 is 24.2 Å². The van der Waals surface area contributed by atoms with Crippen LogP contribution in [0.1, 0.15) is 23.2 Å². The van der Waals surface area contributed by atoms with Crippen LogP contribution in [0.5, 0.6) is 0 Å². The SMILES string of the molecule is O=C(c1ccc(F)cc1I)N1CCC(O)(C(=O)O)CC1. The first-order chi connectivity index (χ1) is 9.33. The average Bonchev–Trinajstić information content (AvgIpc) is 2.38. The van der Waals surface area contributed by atoms with E-state index in [9.17, 15) is 19.1 Å². The van der Waals surface area contributed by atoms with E-state index in [4.69, 9.17) is 5.11 Å². The van der Waals surface area contributed by atoms with Crippen molar-refractivity contribution in [3.8, 4) is 0 Å². The summed E-state index contributed by atoms with van der Waals surface area (Å²) in [4.78, 5) is 24.7. The third kappa shape index (κ3) is 2.93. The van der Waals surface area contributed by atoms with E-state index in [1.165, 1.54) is 23.1 Å². The predicted molar refractivity (Wildman–Crippen MR) is 76.8 cm³/mol. The number of hydrogen-bond donors (Lipinski definition) is 2. The van der Waals surface area contributed by atoms with Gasteiger partial charge >= 0.3 is 5.97 Å². The Kier molecular flexibility index (Phi) is 4.28. The molecule has 0 unspecified atom stereocenters. The number of likely N-dealkylation sites (tertiary alicyclic amines) is 1. The molecule has 0 aromatic heterocycles. The Morgan fingerprint density at radius 3 is 2.40 bits per heavy atom. The van der Waals surface area contributed by atoms with Crippen LogP contribution in [0.25, 0.3) is 0 Å². The first-order valence-electron chi connectivity index (χ1n) is 6.03. The number of carbonyl (C=O) groups excluding carboxylic acids is 1. The summed E-state index contributed by atoms with van der Waals surface area (Å²) < 4.78 is 13.5. The lowest BCUT2D eigenvalue weighted by Crippen LogP contribution is -2.50. The summed E-state index contributed by atoms with van der Waals surface area (Å²) in [7, 11) is 0. The fourth-order valence-electron chi connectivity index (χ4n) is 2.13. The number of aliphatic carboxylic acids is 1. The summed E-state index contributed by atoms with van der Waals surface area (Å²) in [5.41, 5.74) is -1.38. The van der Waals surface area contributed by atoms with Crippen molar-refractivity contribution in [3.63, 3.8) is 0 Å². The molecule has 1 aromatic carbocycles. The van der Waals surface area contributed by atoms with Crippen molar-refractivity contribution in [3.05, 3.63) is 33.1 Å². The Balaban J connectivity index is 2.11. The molecule has 0 spiro atoms. The van der Waals surface area contributed by atoms with Crippen LogP contribution in [0.4, 0.5) is 4.39 Å². The molecular formula is C13H13FINO4. The largest absolute Gasteiger partial charge is 0.479 e. The summed E-state index contributed by atoms with van der Waals surface area (Å²) in [5.74, 6) is -1.95. The van der Waals surface area contributed by atoms with Crippen molar-refractivity contribution in [2.75, 3.05) is 13.1 Å². The number of carboxylic acid groups (broad SMARTS) is 1. The summed E-state index contributed by atoms with van der Waals surface area (Å²) in [6.07, 6.45) is -0.0162. The quantitative estimate of drug-likeness (QED) is 0.747. The van der Waals surface area contributed by atoms with Gasteiger partial charge in [0.1, 0.15) is 5.82 Å². The van der Waals surface area contributed by atoms with Gasteiger partial charge in [0.05, 0.1) is 5.56 Å². The minimum absolute atomic E-state index is 0.00809. The molecule has 0 saturated carbocycles. The highest BCUT2D eigenvalue weighted by Gasteiger charge is 2.40. The van der Waals surface area contributed by atoms with Gasteiger partial charge in [0.25, 0.3) is 5.91 Å². The van der Waals surface area contributed by atoms with Crippen LogP contribution >= 0.6 is 22.6 Å². The van der Waals surface area contributed by atoms with E-state index in [2.05, 4.69) is 0 Å². The second kappa shape index (κ2) is 5.65. The molecule has 1 aliphatic rings. The van der Waals surface area contributed by atoms with Crippen molar-refractivity contribution in [1.82, 2.24) is 4.90 Å². The second-order valence-corrected chi connectivity index (χ2v) is 5.92. The number of amides is 1. The van der Waals surface area contributed by atoms with Crippen molar-refractivity contribution >= 4 is 34.5 Å². The van der Waals surface area contributed by atoms with Gasteiger partial charge in [0.2, 0.25) is 0 Å². The number of nitrogens with zero attached hydrogens (tertiary/aromatic N) is 1. The molecular weight excluding hydrogens is 380 g/mol. The van der Waals surface area contributed by atoms with Crippen LogP contribution in [0.2, 0.25) is 0 Å². The molecule has 0 aliphatic carbocycles. The third-order valence-electron chi connectivity index (χ3n) is 3.44. The molecule has 2 rings (SSSR count). The summed E-state index contributed by atoms with van der Waals surface area (Å²) in [5, 5.41) is 18.7. The van der Waals surface area contributed by atoms with E-state index in [1.54, 1.807) is 0 Å². The monoisotopic (exact) mass is 393 g/mol. The minimum atomic E-state index is -1.76. The van der Waals surface area contributed by atoms with Crippen LogP contribution in [-0.2, 0) is 4.79 Å². The van der Waals surface area contributed by atoms with Crippen LogP contribution in [0, 0.1) is 9.39 Å². The molecule has 1 amide bonds. The molecule has 1 aliphatic heterocycles. The topological polar surface area (TPSA) is 77.8 Å². The highest BCUT2D eigenvalue weighted by Crippen LogP contribution is 2.24. The molecule has 1 fully saturated rings. The smallest absolute Gasteiger partial charge is 0.335 e. The molecule has 0 bridgehead atoms. The number of aliphatic hydroxyl groups is 1. The molecule has 1 aromatic rings. The molecule has 108 valence electrons. The van der Waals surface area contributed by atoms with Crippen LogP contribution in [0.3, 0.4) is 0 Å². The van der Waals surface area contributed by atoms with Crippen molar-refractivity contribution in [2.45, 2.75) is 18.4 Å². The predicted octanol–water partition coefficient (Wildman–Crippen LogP) is 1.48. The Bertz CT molecular complexity index is 555. The molecule has 0 radical (unpaired) electrons. The Morgan fingerprint density at radius 1 is 1.30 bits per heavy atom. The minimum Gasteiger partial charge on any atom is -0.479 e. The molecule has 2 N–H and O–H groups in total. The number of piperidine rings is 1. The number of halogens is 2. The first kappa shape index (κ1) is 15.2. The Hall–Kier alpha value is -1.22. The highest BCUT2D eigenvalue weighted by atomic mass is 127. The number of hydrogen-bond acceptors (Lipinski definition) is 3. The van der Waals surface area contributed by atoms with E-state index in [0.717, 1.165) is 0 Å². The van der Waals surface area contributed by atoms with Crippen LogP contribution < -0.4 is 0 Å². The average molecular weight is 393 g/mol. The maximum atomic E-state index is 13.0. The second-order valence-electron chi connectivity index (χ2n) is 4.75. The van der Waals surface area contributed by atoms with Crippen LogP contribution in [0.15, 0.2) is 18.2 Å². The maximum Gasteiger partial charge on any atom is 0.335 e. The zero-order chi connectivity index (χ0) is 14.9.